The Balaban J connectivity index is 0.00000220. The molecule has 3 nitrogen and oxygen atoms in total. The molecule has 0 aromatic heterocycles. The van der Waals surface area contributed by atoms with Crippen LogP contribution in [0.4, 0.5) is 0 Å². The highest BCUT2D eigenvalue weighted by molar-refractivity contribution is 14.0. The summed E-state index contributed by atoms with van der Waals surface area (Å²) in [6, 6.07) is 8.91. The van der Waals surface area contributed by atoms with E-state index in [0.29, 0.717) is 6.04 Å². The summed E-state index contributed by atoms with van der Waals surface area (Å²) in [7, 11) is 0. The molecule has 0 radical (unpaired) electrons. The number of guanidine groups is 1. The van der Waals surface area contributed by atoms with Crippen molar-refractivity contribution in [2.75, 3.05) is 13.1 Å². The second-order valence-corrected chi connectivity index (χ2v) is 6.61. The Morgan fingerprint density at radius 2 is 2.00 bits per heavy atom. The zero-order valence-corrected chi connectivity index (χ0v) is 16.9. The Hall–Kier alpha value is -0.300. The highest BCUT2D eigenvalue weighted by Gasteiger charge is 2.45. The Labute approximate surface area is 153 Å². The van der Waals surface area contributed by atoms with E-state index in [-0.39, 0.29) is 29.4 Å². The minimum Gasteiger partial charge on any atom is -0.357 e. The minimum absolute atomic E-state index is 0. The third-order valence-electron chi connectivity index (χ3n) is 3.61. The smallest absolute Gasteiger partial charge is 0.191 e. The first-order chi connectivity index (χ1) is 9.57. The normalized spacial score (nSPS) is 16.3. The lowest BCUT2D eigenvalue weighted by molar-refractivity contribution is 0.668. The van der Waals surface area contributed by atoms with E-state index in [1.165, 1.54) is 22.9 Å². The maximum Gasteiger partial charge on any atom is 0.191 e. The van der Waals surface area contributed by atoms with Crippen LogP contribution in [0.2, 0.25) is 0 Å². The zero-order valence-electron chi connectivity index (χ0n) is 12.9. The SMILES string of the molecule is CCNC(=NCC1(c2ccccc2Br)CC1)NC(C)C.I. The number of halogens is 2. The molecule has 0 atom stereocenters. The number of nitrogens with zero attached hydrogens (tertiary/aromatic N) is 1. The maximum atomic E-state index is 4.78. The van der Waals surface area contributed by atoms with Gasteiger partial charge in [0.05, 0.1) is 6.54 Å². The minimum atomic E-state index is 0. The van der Waals surface area contributed by atoms with E-state index in [2.05, 4.69) is 71.6 Å². The Morgan fingerprint density at radius 1 is 1.33 bits per heavy atom. The van der Waals surface area contributed by atoms with Gasteiger partial charge in [0, 0.05) is 22.5 Å². The summed E-state index contributed by atoms with van der Waals surface area (Å²) in [6.07, 6.45) is 2.44. The Morgan fingerprint density at radius 3 is 2.52 bits per heavy atom. The fourth-order valence-corrected chi connectivity index (χ4v) is 3.08. The molecule has 1 aromatic carbocycles. The predicted octanol–water partition coefficient (Wildman–Crippen LogP) is 4.06. The van der Waals surface area contributed by atoms with Gasteiger partial charge in [-0.15, -0.1) is 24.0 Å². The summed E-state index contributed by atoms with van der Waals surface area (Å²) in [6.45, 7) is 8.09. The molecule has 118 valence electrons. The molecule has 2 rings (SSSR count). The molecule has 2 N–H and O–H groups in total. The molecule has 1 saturated carbocycles. The molecule has 0 heterocycles. The van der Waals surface area contributed by atoms with Crippen molar-refractivity contribution < 1.29 is 0 Å². The maximum absolute atomic E-state index is 4.78. The van der Waals surface area contributed by atoms with Crippen molar-refractivity contribution in [2.45, 2.75) is 45.1 Å². The molecule has 0 spiro atoms. The number of rotatable bonds is 5. The van der Waals surface area contributed by atoms with Crippen LogP contribution < -0.4 is 10.6 Å². The lowest BCUT2D eigenvalue weighted by atomic mass is 9.96. The van der Waals surface area contributed by atoms with Crippen molar-refractivity contribution in [3.8, 4) is 0 Å². The first kappa shape index (κ1) is 18.7. The standard InChI is InChI=1S/C16H24BrN3.HI/c1-4-18-15(20-12(2)3)19-11-16(9-10-16)13-7-5-6-8-14(13)17;/h5-8,12H,4,9-11H2,1-3H3,(H2,18,19,20);1H. The fraction of sp³-hybridized carbons (Fsp3) is 0.562. The largest absolute Gasteiger partial charge is 0.357 e. The van der Waals surface area contributed by atoms with Crippen LogP contribution in [-0.4, -0.2) is 25.1 Å². The van der Waals surface area contributed by atoms with Crippen LogP contribution >= 0.6 is 39.9 Å². The van der Waals surface area contributed by atoms with Crippen LogP contribution in [0.25, 0.3) is 0 Å². The van der Waals surface area contributed by atoms with Crippen LogP contribution in [0.1, 0.15) is 39.2 Å². The van der Waals surface area contributed by atoms with Gasteiger partial charge in [0.1, 0.15) is 0 Å². The molecule has 0 amide bonds. The molecular weight excluding hydrogens is 441 g/mol. The highest BCUT2D eigenvalue weighted by Crippen LogP contribution is 2.50. The van der Waals surface area contributed by atoms with Crippen LogP contribution in [-0.2, 0) is 5.41 Å². The van der Waals surface area contributed by atoms with Crippen molar-refractivity contribution in [2.24, 2.45) is 4.99 Å². The van der Waals surface area contributed by atoms with Crippen molar-refractivity contribution in [1.29, 1.82) is 0 Å². The molecule has 1 fully saturated rings. The third kappa shape index (κ3) is 5.13. The molecular formula is C16H25BrIN3. The zero-order chi connectivity index (χ0) is 14.6. The topological polar surface area (TPSA) is 36.4 Å². The molecule has 0 saturated heterocycles. The molecule has 0 unspecified atom stereocenters. The number of aliphatic imine (C=N–C) groups is 1. The van der Waals surface area contributed by atoms with Crippen molar-refractivity contribution in [3.05, 3.63) is 34.3 Å². The van der Waals surface area contributed by atoms with Gasteiger partial charge >= 0.3 is 0 Å². The summed E-state index contributed by atoms with van der Waals surface area (Å²) < 4.78 is 1.20. The number of nitrogens with one attached hydrogen (secondary N) is 2. The van der Waals surface area contributed by atoms with E-state index in [9.17, 15) is 0 Å². The molecule has 5 heteroatoms. The van der Waals surface area contributed by atoms with E-state index in [1.807, 2.05) is 0 Å². The second-order valence-electron chi connectivity index (χ2n) is 5.75. The Bertz CT molecular complexity index is 484. The van der Waals surface area contributed by atoms with Crippen LogP contribution in [0.5, 0.6) is 0 Å². The van der Waals surface area contributed by atoms with Crippen molar-refractivity contribution >= 4 is 45.9 Å². The summed E-state index contributed by atoms with van der Waals surface area (Å²) in [5, 5.41) is 6.68. The number of hydrogen-bond donors (Lipinski definition) is 2. The van der Waals surface area contributed by atoms with Crippen molar-refractivity contribution in [3.63, 3.8) is 0 Å². The monoisotopic (exact) mass is 465 g/mol. The van der Waals surface area contributed by atoms with Gasteiger partial charge in [-0.1, -0.05) is 34.1 Å². The first-order valence-electron chi connectivity index (χ1n) is 7.37. The molecule has 1 aliphatic carbocycles. The number of hydrogen-bond acceptors (Lipinski definition) is 1. The van der Waals surface area contributed by atoms with Gasteiger partial charge in [-0.3, -0.25) is 4.99 Å². The van der Waals surface area contributed by atoms with E-state index >= 15 is 0 Å². The van der Waals surface area contributed by atoms with E-state index in [0.717, 1.165) is 19.0 Å². The van der Waals surface area contributed by atoms with Gasteiger partial charge in [-0.25, -0.2) is 0 Å². The van der Waals surface area contributed by atoms with E-state index < -0.39 is 0 Å². The average Bonchev–Trinajstić information content (AvgIpc) is 3.17. The highest BCUT2D eigenvalue weighted by atomic mass is 127. The van der Waals surface area contributed by atoms with Gasteiger partial charge in [0.25, 0.3) is 0 Å². The Kier molecular flexibility index (Phi) is 7.47. The predicted molar refractivity (Wildman–Crippen MR) is 105 cm³/mol. The summed E-state index contributed by atoms with van der Waals surface area (Å²) >= 11 is 3.67. The van der Waals surface area contributed by atoms with Gasteiger partial charge in [-0.05, 0) is 45.2 Å². The van der Waals surface area contributed by atoms with Crippen LogP contribution in [0.3, 0.4) is 0 Å². The lowest BCUT2D eigenvalue weighted by Crippen LogP contribution is -2.41. The lowest BCUT2D eigenvalue weighted by Gasteiger charge is -2.18. The van der Waals surface area contributed by atoms with Crippen molar-refractivity contribution in [1.82, 2.24) is 10.6 Å². The fourth-order valence-electron chi connectivity index (χ4n) is 2.38. The van der Waals surface area contributed by atoms with E-state index in [4.69, 9.17) is 4.99 Å². The number of benzene rings is 1. The molecule has 1 aromatic rings. The molecule has 1 aliphatic rings. The molecule has 21 heavy (non-hydrogen) atoms. The van der Waals surface area contributed by atoms with Gasteiger partial charge in [-0.2, -0.15) is 0 Å². The average molecular weight is 466 g/mol. The van der Waals surface area contributed by atoms with Gasteiger partial charge in [0.15, 0.2) is 5.96 Å². The van der Waals surface area contributed by atoms with Crippen LogP contribution in [0, 0.1) is 0 Å². The molecule has 0 aliphatic heterocycles. The quantitative estimate of drug-likeness (QED) is 0.390. The first-order valence-corrected chi connectivity index (χ1v) is 8.16. The summed E-state index contributed by atoms with van der Waals surface area (Å²) in [4.78, 5) is 4.78. The van der Waals surface area contributed by atoms with Gasteiger partial charge < -0.3 is 10.6 Å². The van der Waals surface area contributed by atoms with E-state index in [1.54, 1.807) is 0 Å². The molecule has 0 bridgehead atoms. The van der Waals surface area contributed by atoms with Crippen LogP contribution in [0.15, 0.2) is 33.7 Å². The van der Waals surface area contributed by atoms with Gasteiger partial charge in [0.2, 0.25) is 0 Å². The summed E-state index contributed by atoms with van der Waals surface area (Å²) in [5.74, 6) is 0.917. The summed E-state index contributed by atoms with van der Waals surface area (Å²) in [5.41, 5.74) is 1.63. The second kappa shape index (κ2) is 8.36. The third-order valence-corrected chi connectivity index (χ3v) is 4.30.